The first-order valence-electron chi connectivity index (χ1n) is 39.6. The van der Waals surface area contributed by atoms with E-state index in [4.69, 9.17) is 37.0 Å². The Balaban J connectivity index is 5.21. The highest BCUT2D eigenvalue weighted by Crippen LogP contribution is 2.45. The lowest BCUT2D eigenvalue weighted by molar-refractivity contribution is -0.161. The van der Waals surface area contributed by atoms with Gasteiger partial charge >= 0.3 is 39.5 Å². The summed E-state index contributed by atoms with van der Waals surface area (Å²) >= 11 is 0. The molecule has 0 aliphatic rings. The Morgan fingerprint density at radius 3 is 0.716 bits per heavy atom. The average molecular weight is 1400 g/mol. The highest BCUT2D eigenvalue weighted by Gasteiger charge is 2.30. The van der Waals surface area contributed by atoms with Crippen molar-refractivity contribution < 1.29 is 80.2 Å². The fourth-order valence-electron chi connectivity index (χ4n) is 11.7. The van der Waals surface area contributed by atoms with Gasteiger partial charge in [0.05, 0.1) is 26.4 Å². The maximum absolute atomic E-state index is 13.1. The number of aliphatic hydroxyl groups excluding tert-OH is 1. The summed E-state index contributed by atoms with van der Waals surface area (Å²) < 4.78 is 68.5. The first-order valence-corrected chi connectivity index (χ1v) is 42.6. The zero-order chi connectivity index (χ0) is 69.8. The lowest BCUT2D eigenvalue weighted by atomic mass is 10.0. The quantitative estimate of drug-likeness (QED) is 0.0222. The number of hydrogen-bond donors (Lipinski definition) is 3. The lowest BCUT2D eigenvalue weighted by Crippen LogP contribution is -2.30. The largest absolute Gasteiger partial charge is 0.472 e. The molecule has 0 saturated heterocycles. The molecule has 0 radical (unpaired) electrons. The SMILES string of the molecule is CCCCCCCCCCCCCCCCCCCC(=O)OC[C@H](COP(=O)(O)OC[C@@H](O)COP(=O)(O)OC[C@@H](COC(=O)CCCCCCCCCC)OC(=O)CCCCCCCCCCCCC(C)C)OC(=O)CCCCCCCCCCCCCCCCCCC. The van der Waals surface area contributed by atoms with E-state index in [0.717, 1.165) is 102 Å². The summed E-state index contributed by atoms with van der Waals surface area (Å²) in [6.07, 6.45) is 58.3. The van der Waals surface area contributed by atoms with Crippen LogP contribution in [0.4, 0.5) is 0 Å². The maximum Gasteiger partial charge on any atom is 0.472 e. The summed E-state index contributed by atoms with van der Waals surface area (Å²) in [6.45, 7) is 7.26. The van der Waals surface area contributed by atoms with E-state index in [1.54, 1.807) is 0 Å². The van der Waals surface area contributed by atoms with Crippen molar-refractivity contribution >= 4 is 39.5 Å². The molecule has 3 N–H and O–H groups in total. The van der Waals surface area contributed by atoms with E-state index in [0.29, 0.717) is 25.7 Å². The second kappa shape index (κ2) is 69.2. The second-order valence-corrected chi connectivity index (χ2v) is 30.8. The zero-order valence-electron chi connectivity index (χ0n) is 61.8. The molecule has 95 heavy (non-hydrogen) atoms. The van der Waals surface area contributed by atoms with Gasteiger partial charge in [0.2, 0.25) is 0 Å². The number of ether oxygens (including phenoxy) is 4. The summed E-state index contributed by atoms with van der Waals surface area (Å²) in [4.78, 5) is 72.7. The van der Waals surface area contributed by atoms with Crippen LogP contribution < -0.4 is 0 Å². The van der Waals surface area contributed by atoms with E-state index < -0.39 is 97.5 Å². The van der Waals surface area contributed by atoms with Crippen molar-refractivity contribution in [2.45, 2.75) is 419 Å². The van der Waals surface area contributed by atoms with Crippen molar-refractivity contribution in [1.82, 2.24) is 0 Å². The minimum absolute atomic E-state index is 0.106. The van der Waals surface area contributed by atoms with Crippen LogP contribution in [0.5, 0.6) is 0 Å². The number of esters is 4. The maximum atomic E-state index is 13.1. The van der Waals surface area contributed by atoms with Crippen molar-refractivity contribution in [2.75, 3.05) is 39.6 Å². The third-order valence-electron chi connectivity index (χ3n) is 17.8. The van der Waals surface area contributed by atoms with Crippen LogP contribution in [0.25, 0.3) is 0 Å². The Morgan fingerprint density at radius 1 is 0.284 bits per heavy atom. The van der Waals surface area contributed by atoms with Crippen LogP contribution >= 0.6 is 15.6 Å². The third-order valence-corrected chi connectivity index (χ3v) is 19.7. The highest BCUT2D eigenvalue weighted by molar-refractivity contribution is 7.47. The molecule has 0 aromatic carbocycles. The molecule has 0 heterocycles. The van der Waals surface area contributed by atoms with E-state index in [1.807, 2.05) is 0 Å². The summed E-state index contributed by atoms with van der Waals surface area (Å²) in [5, 5.41) is 10.6. The number of hydrogen-bond acceptors (Lipinski definition) is 15. The van der Waals surface area contributed by atoms with Crippen LogP contribution in [0.3, 0.4) is 0 Å². The van der Waals surface area contributed by atoms with Gasteiger partial charge in [0.25, 0.3) is 0 Å². The van der Waals surface area contributed by atoms with Gasteiger partial charge in [0.1, 0.15) is 19.3 Å². The van der Waals surface area contributed by atoms with Gasteiger partial charge in [-0.25, -0.2) is 9.13 Å². The Bertz CT molecular complexity index is 1820. The summed E-state index contributed by atoms with van der Waals surface area (Å²) in [6, 6.07) is 0. The molecule has 2 unspecified atom stereocenters. The molecule has 564 valence electrons. The van der Waals surface area contributed by atoms with Crippen LogP contribution in [-0.2, 0) is 65.4 Å². The number of phosphoric ester groups is 2. The van der Waals surface area contributed by atoms with Gasteiger partial charge < -0.3 is 33.8 Å². The molecule has 0 amide bonds. The second-order valence-electron chi connectivity index (χ2n) is 27.9. The molecule has 0 bridgehead atoms. The van der Waals surface area contributed by atoms with Gasteiger partial charge in [0.15, 0.2) is 12.2 Å². The monoisotopic (exact) mass is 1400 g/mol. The molecule has 17 nitrogen and oxygen atoms in total. The predicted molar refractivity (Wildman–Crippen MR) is 386 cm³/mol. The lowest BCUT2D eigenvalue weighted by Gasteiger charge is -2.21. The van der Waals surface area contributed by atoms with Gasteiger partial charge in [-0.2, -0.15) is 0 Å². The van der Waals surface area contributed by atoms with Gasteiger partial charge in [-0.3, -0.25) is 37.3 Å². The molecule has 0 spiro atoms. The highest BCUT2D eigenvalue weighted by atomic mass is 31.2. The van der Waals surface area contributed by atoms with Crippen molar-refractivity contribution in [3.8, 4) is 0 Å². The molecule has 0 saturated carbocycles. The normalized spacial score (nSPS) is 13.9. The van der Waals surface area contributed by atoms with Crippen molar-refractivity contribution in [1.29, 1.82) is 0 Å². The van der Waals surface area contributed by atoms with Crippen LogP contribution in [0.2, 0.25) is 0 Å². The molecular formula is C76H148O17P2. The predicted octanol–water partition coefficient (Wildman–Crippen LogP) is 22.5. The summed E-state index contributed by atoms with van der Waals surface area (Å²) in [5.41, 5.74) is 0. The van der Waals surface area contributed by atoms with Crippen LogP contribution in [0.1, 0.15) is 401 Å². The molecule has 0 rings (SSSR count). The molecule has 0 fully saturated rings. The van der Waals surface area contributed by atoms with Crippen molar-refractivity contribution in [3.05, 3.63) is 0 Å². The van der Waals surface area contributed by atoms with Crippen LogP contribution in [0.15, 0.2) is 0 Å². The summed E-state index contributed by atoms with van der Waals surface area (Å²) in [7, 11) is -9.91. The fraction of sp³-hybridized carbons (Fsp3) is 0.947. The Kier molecular flexibility index (Phi) is 67.7. The number of aliphatic hydroxyl groups is 1. The zero-order valence-corrected chi connectivity index (χ0v) is 63.6. The number of unbranched alkanes of at least 4 members (excludes halogenated alkanes) is 48. The van der Waals surface area contributed by atoms with E-state index in [1.165, 1.54) is 218 Å². The van der Waals surface area contributed by atoms with Crippen LogP contribution in [-0.4, -0.2) is 96.7 Å². The van der Waals surface area contributed by atoms with E-state index in [-0.39, 0.29) is 25.7 Å². The number of rotatable bonds is 76. The van der Waals surface area contributed by atoms with Gasteiger partial charge in [-0.1, -0.05) is 349 Å². The third kappa shape index (κ3) is 70.3. The number of phosphoric acid groups is 2. The van der Waals surface area contributed by atoms with E-state index in [9.17, 15) is 43.2 Å². The first-order chi connectivity index (χ1) is 46.0. The molecule has 0 aromatic heterocycles. The standard InChI is InChI=1S/C76H148O17P2/c1-6-9-12-15-18-21-23-25-27-29-31-33-35-40-45-50-55-60-74(79)87-66-72(93-75(80)61-56-51-46-41-36-34-32-30-28-26-24-22-19-16-13-10-7-2)68-91-95(84,85)89-64-70(77)63-88-94(82,83)90-67-71(65-86-73(78)59-54-49-44-20-17-14-11-8-3)92-76(81)62-57-52-47-42-38-37-39-43-48-53-58-69(4)5/h69-72,77H,6-68H2,1-5H3,(H,82,83)(H,84,85)/t70-,71+,72+/m0/s1. The molecule has 0 aliphatic carbocycles. The minimum Gasteiger partial charge on any atom is -0.462 e. The van der Waals surface area contributed by atoms with Gasteiger partial charge in [0, 0.05) is 25.7 Å². The van der Waals surface area contributed by atoms with E-state index >= 15 is 0 Å². The average Bonchev–Trinajstić information content (AvgIpc) is 1.90. The minimum atomic E-state index is -4.96. The molecule has 0 aromatic rings. The Morgan fingerprint density at radius 2 is 0.484 bits per heavy atom. The number of carbonyl (C=O) groups excluding carboxylic acids is 4. The Hall–Kier alpha value is -1.94. The smallest absolute Gasteiger partial charge is 0.462 e. The van der Waals surface area contributed by atoms with E-state index in [2.05, 4.69) is 34.6 Å². The fourth-order valence-corrected chi connectivity index (χ4v) is 13.3. The molecule has 0 aliphatic heterocycles. The van der Waals surface area contributed by atoms with Crippen molar-refractivity contribution in [2.24, 2.45) is 5.92 Å². The molecule has 5 atom stereocenters. The topological polar surface area (TPSA) is 237 Å². The summed E-state index contributed by atoms with van der Waals surface area (Å²) in [5.74, 6) is -1.36. The Labute approximate surface area is 581 Å². The first kappa shape index (κ1) is 93.1. The van der Waals surface area contributed by atoms with Gasteiger partial charge in [-0.15, -0.1) is 0 Å². The molecular weight excluding hydrogens is 1250 g/mol. The number of carbonyl (C=O) groups is 4. The van der Waals surface area contributed by atoms with Crippen LogP contribution in [0, 0.1) is 5.92 Å². The van der Waals surface area contributed by atoms with Crippen molar-refractivity contribution in [3.63, 3.8) is 0 Å². The van der Waals surface area contributed by atoms with Gasteiger partial charge in [-0.05, 0) is 31.6 Å². The molecule has 19 heteroatoms.